The maximum atomic E-state index is 13.6. The molecule has 0 bridgehead atoms. The Morgan fingerprint density at radius 3 is 2.38 bits per heavy atom. The number of morpholine rings is 1. The fourth-order valence-corrected chi connectivity index (χ4v) is 4.75. The standard InChI is InChI=1S/C20H27NO3/c22-18(21-12-15-24-19(16-21)8-4-5-9-19)20(10-13-23-14-11-20)17-6-2-1-3-7-17/h1-3,6-7H,4-5,8-16H2. The summed E-state index contributed by atoms with van der Waals surface area (Å²) in [6.07, 6.45) is 6.19. The largest absolute Gasteiger partial charge is 0.381 e. The fourth-order valence-electron chi connectivity index (χ4n) is 4.75. The van der Waals surface area contributed by atoms with Gasteiger partial charge in [-0.1, -0.05) is 43.2 Å². The van der Waals surface area contributed by atoms with Crippen LogP contribution in [0.25, 0.3) is 0 Å². The van der Waals surface area contributed by atoms with Gasteiger partial charge in [-0.2, -0.15) is 0 Å². The molecule has 2 aliphatic heterocycles. The van der Waals surface area contributed by atoms with Crippen LogP contribution in [0.4, 0.5) is 0 Å². The summed E-state index contributed by atoms with van der Waals surface area (Å²) in [5, 5.41) is 0. The quantitative estimate of drug-likeness (QED) is 0.837. The van der Waals surface area contributed by atoms with Gasteiger partial charge in [0.15, 0.2) is 0 Å². The van der Waals surface area contributed by atoms with Gasteiger partial charge in [-0.15, -0.1) is 0 Å². The first-order valence-electron chi connectivity index (χ1n) is 9.31. The van der Waals surface area contributed by atoms with Crippen molar-refractivity contribution in [3.05, 3.63) is 35.9 Å². The molecule has 130 valence electrons. The zero-order chi connectivity index (χ0) is 16.5. The van der Waals surface area contributed by atoms with Gasteiger partial charge in [0, 0.05) is 26.3 Å². The van der Waals surface area contributed by atoms with Crippen molar-refractivity contribution in [2.24, 2.45) is 0 Å². The molecule has 3 aliphatic rings. The lowest BCUT2D eigenvalue weighted by atomic mass is 9.72. The number of carbonyl (C=O) groups excluding carboxylic acids is 1. The van der Waals surface area contributed by atoms with Gasteiger partial charge in [-0.3, -0.25) is 4.79 Å². The van der Waals surface area contributed by atoms with E-state index >= 15 is 0 Å². The Hall–Kier alpha value is -1.39. The number of benzene rings is 1. The summed E-state index contributed by atoms with van der Waals surface area (Å²) in [6, 6.07) is 10.3. The molecule has 0 N–H and O–H groups in total. The Kier molecular flexibility index (Phi) is 4.35. The van der Waals surface area contributed by atoms with E-state index in [1.165, 1.54) is 12.8 Å². The van der Waals surface area contributed by atoms with Gasteiger partial charge >= 0.3 is 0 Å². The molecule has 24 heavy (non-hydrogen) atoms. The monoisotopic (exact) mass is 329 g/mol. The third-order valence-electron chi connectivity index (χ3n) is 6.13. The molecule has 2 saturated heterocycles. The molecular weight excluding hydrogens is 302 g/mol. The summed E-state index contributed by atoms with van der Waals surface area (Å²) in [5.74, 6) is 0.284. The lowest BCUT2D eigenvalue weighted by molar-refractivity contribution is -0.158. The predicted molar refractivity (Wildman–Crippen MR) is 91.9 cm³/mol. The minimum atomic E-state index is -0.420. The van der Waals surface area contributed by atoms with Crippen molar-refractivity contribution < 1.29 is 14.3 Å². The second kappa shape index (κ2) is 6.49. The highest BCUT2D eigenvalue weighted by atomic mass is 16.5. The first-order chi connectivity index (χ1) is 11.7. The molecule has 1 aliphatic carbocycles. The second-order valence-electron chi connectivity index (χ2n) is 7.53. The second-order valence-corrected chi connectivity index (χ2v) is 7.53. The van der Waals surface area contributed by atoms with Crippen LogP contribution in [0.5, 0.6) is 0 Å². The summed E-state index contributed by atoms with van der Waals surface area (Å²) in [5.41, 5.74) is 0.651. The summed E-state index contributed by atoms with van der Waals surface area (Å²) in [4.78, 5) is 15.7. The number of ether oxygens (including phenoxy) is 2. The number of rotatable bonds is 2. The average Bonchev–Trinajstić information content (AvgIpc) is 3.10. The lowest BCUT2D eigenvalue weighted by Gasteiger charge is -2.46. The van der Waals surface area contributed by atoms with Crippen molar-refractivity contribution in [3.8, 4) is 0 Å². The van der Waals surface area contributed by atoms with Crippen LogP contribution in [0.3, 0.4) is 0 Å². The van der Waals surface area contributed by atoms with Crippen molar-refractivity contribution in [2.45, 2.75) is 49.5 Å². The van der Waals surface area contributed by atoms with Gasteiger partial charge in [-0.05, 0) is 31.2 Å². The number of carbonyl (C=O) groups is 1. The molecule has 4 nitrogen and oxygen atoms in total. The Morgan fingerprint density at radius 1 is 0.958 bits per heavy atom. The van der Waals surface area contributed by atoms with Crippen molar-refractivity contribution >= 4 is 5.91 Å². The molecule has 0 atom stereocenters. The smallest absolute Gasteiger partial charge is 0.233 e. The van der Waals surface area contributed by atoms with Crippen LogP contribution in [0.2, 0.25) is 0 Å². The Morgan fingerprint density at radius 2 is 1.67 bits per heavy atom. The molecule has 1 aromatic rings. The van der Waals surface area contributed by atoms with E-state index in [2.05, 4.69) is 17.0 Å². The summed E-state index contributed by atoms with van der Waals surface area (Å²) in [6.45, 7) is 3.48. The third-order valence-corrected chi connectivity index (χ3v) is 6.13. The van der Waals surface area contributed by atoms with Gasteiger partial charge in [0.2, 0.25) is 5.91 Å². The van der Waals surface area contributed by atoms with Crippen LogP contribution in [-0.4, -0.2) is 49.3 Å². The zero-order valence-corrected chi connectivity index (χ0v) is 14.3. The molecule has 1 aromatic carbocycles. The maximum absolute atomic E-state index is 13.6. The van der Waals surface area contributed by atoms with Gasteiger partial charge in [0.25, 0.3) is 0 Å². The van der Waals surface area contributed by atoms with Crippen LogP contribution in [-0.2, 0) is 19.7 Å². The van der Waals surface area contributed by atoms with Crippen LogP contribution >= 0.6 is 0 Å². The first-order valence-corrected chi connectivity index (χ1v) is 9.31. The molecule has 1 saturated carbocycles. The van der Waals surface area contributed by atoms with E-state index in [4.69, 9.17) is 9.47 Å². The van der Waals surface area contributed by atoms with Crippen molar-refractivity contribution in [2.75, 3.05) is 32.9 Å². The molecule has 1 amide bonds. The summed E-state index contributed by atoms with van der Waals surface area (Å²) < 4.78 is 11.7. The van der Waals surface area contributed by atoms with E-state index in [0.717, 1.165) is 44.3 Å². The van der Waals surface area contributed by atoms with E-state index in [-0.39, 0.29) is 11.5 Å². The molecule has 0 aromatic heterocycles. The molecule has 4 heteroatoms. The molecule has 0 radical (unpaired) electrons. The van der Waals surface area contributed by atoms with Crippen molar-refractivity contribution in [3.63, 3.8) is 0 Å². The first kappa shape index (κ1) is 16.1. The maximum Gasteiger partial charge on any atom is 0.233 e. The SMILES string of the molecule is O=C(N1CCOC2(CCCC2)C1)C1(c2ccccc2)CCOCC1. The summed E-state index contributed by atoms with van der Waals surface area (Å²) >= 11 is 0. The van der Waals surface area contributed by atoms with Crippen LogP contribution in [0, 0.1) is 0 Å². The molecule has 3 fully saturated rings. The highest BCUT2D eigenvalue weighted by Crippen LogP contribution is 2.40. The van der Waals surface area contributed by atoms with Crippen molar-refractivity contribution in [1.29, 1.82) is 0 Å². The normalized spacial score (nSPS) is 25.8. The van der Waals surface area contributed by atoms with Crippen LogP contribution in [0.1, 0.15) is 44.1 Å². The van der Waals surface area contributed by atoms with Gasteiger partial charge in [0.05, 0.1) is 17.6 Å². The third kappa shape index (κ3) is 2.76. The van der Waals surface area contributed by atoms with Gasteiger partial charge < -0.3 is 14.4 Å². The highest BCUT2D eigenvalue weighted by molar-refractivity contribution is 5.88. The Balaban J connectivity index is 1.62. The lowest BCUT2D eigenvalue weighted by Crippen LogP contribution is -2.58. The number of hydrogen-bond donors (Lipinski definition) is 0. The topological polar surface area (TPSA) is 38.8 Å². The number of hydrogen-bond acceptors (Lipinski definition) is 3. The van der Waals surface area contributed by atoms with E-state index in [1.54, 1.807) is 0 Å². The Labute approximate surface area is 144 Å². The molecule has 0 unspecified atom stereocenters. The number of nitrogens with zero attached hydrogens (tertiary/aromatic N) is 1. The van der Waals surface area contributed by atoms with Crippen LogP contribution < -0.4 is 0 Å². The Bertz CT molecular complexity index is 574. The van der Waals surface area contributed by atoms with Gasteiger partial charge in [-0.25, -0.2) is 0 Å². The van der Waals surface area contributed by atoms with E-state index in [0.29, 0.717) is 19.8 Å². The van der Waals surface area contributed by atoms with Gasteiger partial charge in [0.1, 0.15) is 0 Å². The minimum absolute atomic E-state index is 0.0725. The van der Waals surface area contributed by atoms with E-state index in [9.17, 15) is 4.79 Å². The van der Waals surface area contributed by atoms with Crippen molar-refractivity contribution in [1.82, 2.24) is 4.90 Å². The fraction of sp³-hybridized carbons (Fsp3) is 0.650. The summed E-state index contributed by atoms with van der Waals surface area (Å²) in [7, 11) is 0. The molecule has 1 spiro atoms. The van der Waals surface area contributed by atoms with E-state index in [1.807, 2.05) is 18.2 Å². The molecule has 4 rings (SSSR count). The average molecular weight is 329 g/mol. The highest BCUT2D eigenvalue weighted by Gasteiger charge is 2.48. The molecule has 2 heterocycles. The van der Waals surface area contributed by atoms with Crippen LogP contribution in [0.15, 0.2) is 30.3 Å². The minimum Gasteiger partial charge on any atom is -0.381 e. The number of amides is 1. The van der Waals surface area contributed by atoms with E-state index < -0.39 is 5.41 Å². The predicted octanol–water partition coefficient (Wildman–Crippen LogP) is 2.91. The zero-order valence-electron chi connectivity index (χ0n) is 14.3. The molecular formula is C20H27NO3.